The molecule has 0 amide bonds. The molecule has 0 saturated carbocycles. The lowest BCUT2D eigenvalue weighted by atomic mass is 9.64. The van der Waals surface area contributed by atoms with Crippen LogP contribution < -0.4 is 4.90 Å². The molecule has 0 fully saturated rings. The zero-order valence-corrected chi connectivity index (χ0v) is 31.7. The molecule has 56 heavy (non-hydrogen) atoms. The SMILES string of the molecule is c1ccc(N2c3ccccc3C3(c4ccccc4-c4cc(-c5cc(-c6nc7ccccc7s6)cc(-c6nc7ccccc7s6)c5)ccc43)c3ccccc32)cc1. The van der Waals surface area contributed by atoms with Gasteiger partial charge in [-0.2, -0.15) is 0 Å². The predicted molar refractivity (Wildman–Crippen MR) is 235 cm³/mol. The number of fused-ring (bicyclic) bond motifs is 11. The van der Waals surface area contributed by atoms with Crippen molar-refractivity contribution in [1.29, 1.82) is 0 Å². The minimum atomic E-state index is -0.488. The minimum Gasteiger partial charge on any atom is -0.310 e. The summed E-state index contributed by atoms with van der Waals surface area (Å²) in [5, 5.41) is 2.03. The largest absolute Gasteiger partial charge is 0.310 e. The predicted octanol–water partition coefficient (Wildman–Crippen LogP) is 14.1. The van der Waals surface area contributed by atoms with Gasteiger partial charge < -0.3 is 4.90 Å². The fourth-order valence-corrected chi connectivity index (χ4v) is 11.1. The molecule has 1 spiro atoms. The van der Waals surface area contributed by atoms with Gasteiger partial charge in [-0.05, 0) is 117 Å². The maximum Gasteiger partial charge on any atom is 0.124 e. The second-order valence-corrected chi connectivity index (χ2v) is 16.6. The molecule has 3 nitrogen and oxygen atoms in total. The molecule has 2 aromatic heterocycles. The fourth-order valence-electron chi connectivity index (χ4n) is 9.18. The van der Waals surface area contributed by atoms with Crippen molar-refractivity contribution in [3.8, 4) is 43.4 Å². The number of anilines is 3. The number of aromatic nitrogens is 2. The molecular formula is C51H31N3S2. The quantitative estimate of drug-likeness (QED) is 0.179. The standard InChI is InChI=1S/C51H31N3S2/c1-2-14-36(15-3-1)54-45-22-10-6-18-41(45)51(42-19-7-11-23-46(42)54)39-17-5-4-16-37(39)38-31-32(26-27-40(38)51)33-28-34(49-52-43-20-8-12-24-47(43)55-49)30-35(29-33)50-53-44-21-9-13-25-48(44)56-50/h1-31H. The number of rotatable bonds is 4. The topological polar surface area (TPSA) is 29.0 Å². The van der Waals surface area contributed by atoms with Crippen molar-refractivity contribution in [2.45, 2.75) is 5.41 Å². The third kappa shape index (κ3) is 4.56. The van der Waals surface area contributed by atoms with Crippen LogP contribution in [0.4, 0.5) is 17.1 Å². The van der Waals surface area contributed by atoms with Crippen LogP contribution in [0.15, 0.2) is 188 Å². The van der Waals surface area contributed by atoms with E-state index in [1.165, 1.54) is 59.7 Å². The van der Waals surface area contributed by atoms with Gasteiger partial charge in [-0.15, -0.1) is 22.7 Å². The highest BCUT2D eigenvalue weighted by Crippen LogP contribution is 2.63. The first-order valence-electron chi connectivity index (χ1n) is 18.9. The number of thiazole rings is 2. The lowest BCUT2D eigenvalue weighted by Crippen LogP contribution is -2.36. The van der Waals surface area contributed by atoms with Crippen molar-refractivity contribution >= 4 is 60.2 Å². The first-order valence-corrected chi connectivity index (χ1v) is 20.5. The van der Waals surface area contributed by atoms with Crippen molar-refractivity contribution in [2.75, 3.05) is 4.90 Å². The summed E-state index contributed by atoms with van der Waals surface area (Å²) in [6.07, 6.45) is 0. The molecule has 0 unspecified atom stereocenters. The normalized spacial score (nSPS) is 13.5. The lowest BCUT2D eigenvalue weighted by Gasteiger charge is -2.45. The van der Waals surface area contributed by atoms with Gasteiger partial charge >= 0.3 is 0 Å². The van der Waals surface area contributed by atoms with Gasteiger partial charge in [0.05, 0.1) is 37.2 Å². The van der Waals surface area contributed by atoms with E-state index in [1.807, 2.05) is 0 Å². The van der Waals surface area contributed by atoms with Crippen molar-refractivity contribution in [3.63, 3.8) is 0 Å². The Morgan fingerprint density at radius 1 is 0.375 bits per heavy atom. The Balaban J connectivity index is 1.09. The average Bonchev–Trinajstić information content (AvgIpc) is 3.98. The van der Waals surface area contributed by atoms with E-state index >= 15 is 0 Å². The van der Waals surface area contributed by atoms with Crippen LogP contribution in [0.5, 0.6) is 0 Å². The Morgan fingerprint density at radius 2 is 0.875 bits per heavy atom. The molecule has 12 rings (SSSR count). The molecule has 2 aliphatic rings. The second-order valence-electron chi connectivity index (χ2n) is 14.5. The van der Waals surface area contributed by atoms with Gasteiger partial charge in [-0.3, -0.25) is 0 Å². The molecule has 0 atom stereocenters. The van der Waals surface area contributed by atoms with Gasteiger partial charge in [0.15, 0.2) is 0 Å². The number of nitrogens with zero attached hydrogens (tertiary/aromatic N) is 3. The third-order valence-corrected chi connectivity index (χ3v) is 13.7. The summed E-state index contributed by atoms with van der Waals surface area (Å²) in [6, 6.07) is 68.7. The molecule has 0 N–H and O–H groups in total. The second kappa shape index (κ2) is 12.2. The highest BCUT2D eigenvalue weighted by molar-refractivity contribution is 7.22. The molecule has 3 heterocycles. The minimum absolute atomic E-state index is 0.488. The van der Waals surface area contributed by atoms with Gasteiger partial charge in [-0.25, -0.2) is 9.97 Å². The van der Waals surface area contributed by atoms with Crippen LogP contribution in [0.2, 0.25) is 0 Å². The molecule has 262 valence electrons. The van der Waals surface area contributed by atoms with Gasteiger partial charge in [-0.1, -0.05) is 115 Å². The van der Waals surface area contributed by atoms with Gasteiger partial charge in [0.25, 0.3) is 0 Å². The number of hydrogen-bond acceptors (Lipinski definition) is 5. The number of hydrogen-bond donors (Lipinski definition) is 0. The van der Waals surface area contributed by atoms with Crippen LogP contribution in [0.25, 0.3) is 63.8 Å². The molecule has 5 heteroatoms. The molecule has 1 aliphatic heterocycles. The summed E-state index contributed by atoms with van der Waals surface area (Å²) in [6.45, 7) is 0. The van der Waals surface area contributed by atoms with E-state index in [0.717, 1.165) is 43.4 Å². The van der Waals surface area contributed by atoms with Crippen molar-refractivity contribution in [3.05, 3.63) is 210 Å². The van der Waals surface area contributed by atoms with Crippen LogP contribution in [0, 0.1) is 0 Å². The summed E-state index contributed by atoms with van der Waals surface area (Å²) in [4.78, 5) is 12.6. The lowest BCUT2D eigenvalue weighted by molar-refractivity contribution is 0.753. The number of para-hydroxylation sites is 5. The third-order valence-electron chi connectivity index (χ3n) is 11.5. The maximum absolute atomic E-state index is 5.11. The van der Waals surface area contributed by atoms with E-state index in [0.29, 0.717) is 0 Å². The molecular weight excluding hydrogens is 719 g/mol. The maximum atomic E-state index is 5.11. The zero-order valence-electron chi connectivity index (χ0n) is 30.1. The molecule has 10 aromatic rings. The van der Waals surface area contributed by atoms with E-state index in [2.05, 4.69) is 193 Å². The first-order chi connectivity index (χ1) is 27.7. The summed E-state index contributed by atoms with van der Waals surface area (Å²) in [5.41, 5.74) is 17.4. The Hall–Kier alpha value is -6.66. The Kier molecular flexibility index (Phi) is 6.88. The highest BCUT2D eigenvalue weighted by Gasteiger charge is 2.51. The van der Waals surface area contributed by atoms with E-state index in [1.54, 1.807) is 22.7 Å². The monoisotopic (exact) mass is 749 g/mol. The van der Waals surface area contributed by atoms with Gasteiger partial charge in [0, 0.05) is 16.8 Å². The summed E-state index contributed by atoms with van der Waals surface area (Å²) in [5.74, 6) is 0. The van der Waals surface area contributed by atoms with Gasteiger partial charge in [0.2, 0.25) is 0 Å². The summed E-state index contributed by atoms with van der Waals surface area (Å²) in [7, 11) is 0. The first kappa shape index (κ1) is 31.7. The molecule has 1 aliphatic carbocycles. The van der Waals surface area contributed by atoms with Crippen molar-refractivity contribution in [2.24, 2.45) is 0 Å². The Bertz CT molecular complexity index is 2970. The Labute approximate surface area is 332 Å². The van der Waals surface area contributed by atoms with Crippen LogP contribution in [0.3, 0.4) is 0 Å². The molecule has 0 saturated heterocycles. The molecule has 0 bridgehead atoms. The van der Waals surface area contributed by atoms with E-state index in [9.17, 15) is 0 Å². The van der Waals surface area contributed by atoms with E-state index in [-0.39, 0.29) is 0 Å². The van der Waals surface area contributed by atoms with Crippen molar-refractivity contribution < 1.29 is 0 Å². The van der Waals surface area contributed by atoms with Crippen LogP contribution >= 0.6 is 22.7 Å². The van der Waals surface area contributed by atoms with Crippen LogP contribution in [0.1, 0.15) is 22.3 Å². The van der Waals surface area contributed by atoms with Crippen molar-refractivity contribution in [1.82, 2.24) is 9.97 Å². The number of benzene rings is 8. The highest BCUT2D eigenvalue weighted by atomic mass is 32.1. The smallest absolute Gasteiger partial charge is 0.124 e. The van der Waals surface area contributed by atoms with Crippen LogP contribution in [-0.2, 0) is 5.41 Å². The van der Waals surface area contributed by atoms with E-state index < -0.39 is 5.41 Å². The van der Waals surface area contributed by atoms with Gasteiger partial charge in [0.1, 0.15) is 10.0 Å². The zero-order chi connectivity index (χ0) is 36.8. The Morgan fingerprint density at radius 3 is 1.50 bits per heavy atom. The molecule has 0 radical (unpaired) electrons. The molecule has 8 aromatic carbocycles. The summed E-state index contributed by atoms with van der Waals surface area (Å²) < 4.78 is 2.38. The average molecular weight is 750 g/mol. The summed E-state index contributed by atoms with van der Waals surface area (Å²) >= 11 is 3.48. The fraction of sp³-hybridized carbons (Fsp3) is 0.0196. The van der Waals surface area contributed by atoms with E-state index in [4.69, 9.17) is 9.97 Å². The van der Waals surface area contributed by atoms with Crippen LogP contribution in [-0.4, -0.2) is 9.97 Å².